The highest BCUT2D eigenvalue weighted by atomic mass is 32.2. The molecule has 9 heteroatoms. The molecule has 0 aliphatic carbocycles. The second kappa shape index (κ2) is 5.54. The number of nitrogens with one attached hydrogen (secondary N) is 1. The SMILES string of the molecule is Cn1ncc(N)c1C(=O)NCc1ccc(S(N)(=O)=O)cc1. The Hall–Kier alpha value is -2.39. The predicted molar refractivity (Wildman–Crippen MR) is 76.6 cm³/mol. The number of amides is 1. The summed E-state index contributed by atoms with van der Waals surface area (Å²) in [5.41, 5.74) is 6.95. The van der Waals surface area contributed by atoms with Crippen molar-refractivity contribution in [2.75, 3.05) is 5.73 Å². The Labute approximate surface area is 121 Å². The molecular weight excluding hydrogens is 294 g/mol. The Balaban J connectivity index is 2.05. The molecule has 0 spiro atoms. The van der Waals surface area contributed by atoms with E-state index in [1.54, 1.807) is 19.2 Å². The van der Waals surface area contributed by atoms with E-state index in [0.717, 1.165) is 5.56 Å². The topological polar surface area (TPSA) is 133 Å². The van der Waals surface area contributed by atoms with Crippen molar-refractivity contribution in [3.05, 3.63) is 41.7 Å². The van der Waals surface area contributed by atoms with Crippen molar-refractivity contribution in [2.24, 2.45) is 12.2 Å². The van der Waals surface area contributed by atoms with E-state index in [0.29, 0.717) is 5.69 Å². The maximum absolute atomic E-state index is 12.0. The van der Waals surface area contributed by atoms with Crippen LogP contribution >= 0.6 is 0 Å². The van der Waals surface area contributed by atoms with Crippen LogP contribution in [0.4, 0.5) is 5.69 Å². The van der Waals surface area contributed by atoms with Crippen LogP contribution in [0.15, 0.2) is 35.4 Å². The molecule has 1 aromatic carbocycles. The van der Waals surface area contributed by atoms with Crippen LogP contribution in [-0.4, -0.2) is 24.1 Å². The van der Waals surface area contributed by atoms with Gasteiger partial charge in [-0.2, -0.15) is 5.10 Å². The van der Waals surface area contributed by atoms with E-state index in [1.807, 2.05) is 0 Å². The van der Waals surface area contributed by atoms with Crippen LogP contribution in [-0.2, 0) is 23.6 Å². The zero-order valence-corrected chi connectivity index (χ0v) is 12.1. The van der Waals surface area contributed by atoms with E-state index in [1.165, 1.54) is 23.0 Å². The monoisotopic (exact) mass is 309 g/mol. The number of hydrogen-bond acceptors (Lipinski definition) is 5. The van der Waals surface area contributed by atoms with Crippen molar-refractivity contribution in [3.63, 3.8) is 0 Å². The van der Waals surface area contributed by atoms with Gasteiger partial charge in [-0.1, -0.05) is 12.1 Å². The Bertz CT molecular complexity index is 745. The van der Waals surface area contributed by atoms with Gasteiger partial charge in [0.05, 0.1) is 16.8 Å². The minimum Gasteiger partial charge on any atom is -0.396 e. The first-order valence-corrected chi connectivity index (χ1v) is 7.51. The van der Waals surface area contributed by atoms with Crippen LogP contribution in [0, 0.1) is 0 Å². The molecule has 0 saturated heterocycles. The largest absolute Gasteiger partial charge is 0.396 e. The molecule has 2 aromatic rings. The second-order valence-corrected chi connectivity index (χ2v) is 6.01. The van der Waals surface area contributed by atoms with Crippen LogP contribution in [0.25, 0.3) is 0 Å². The molecule has 0 unspecified atom stereocenters. The average Bonchev–Trinajstić information content (AvgIpc) is 2.75. The summed E-state index contributed by atoms with van der Waals surface area (Å²) in [5, 5.41) is 11.6. The molecule has 0 saturated carbocycles. The number of aromatic nitrogens is 2. The number of nitrogen functional groups attached to an aromatic ring is 1. The number of carbonyl (C=O) groups excluding carboxylic acids is 1. The third-order valence-electron chi connectivity index (χ3n) is 2.89. The number of sulfonamides is 1. The van der Waals surface area contributed by atoms with E-state index in [9.17, 15) is 13.2 Å². The van der Waals surface area contributed by atoms with Crippen molar-refractivity contribution < 1.29 is 13.2 Å². The normalized spacial score (nSPS) is 11.3. The third kappa shape index (κ3) is 3.38. The fraction of sp³-hybridized carbons (Fsp3) is 0.167. The van der Waals surface area contributed by atoms with Gasteiger partial charge in [-0.15, -0.1) is 0 Å². The lowest BCUT2D eigenvalue weighted by Gasteiger charge is -2.07. The van der Waals surface area contributed by atoms with Gasteiger partial charge in [-0.3, -0.25) is 9.48 Å². The summed E-state index contributed by atoms with van der Waals surface area (Å²) in [7, 11) is -2.10. The van der Waals surface area contributed by atoms with Crippen LogP contribution in [0.1, 0.15) is 16.1 Å². The van der Waals surface area contributed by atoms with Crippen molar-refractivity contribution in [1.82, 2.24) is 15.1 Å². The first-order valence-electron chi connectivity index (χ1n) is 5.96. The first-order chi connectivity index (χ1) is 9.79. The average molecular weight is 309 g/mol. The number of nitrogens with two attached hydrogens (primary N) is 2. The standard InChI is InChI=1S/C12H15N5O3S/c1-17-11(10(13)7-16-17)12(18)15-6-8-2-4-9(5-3-8)21(14,19)20/h2-5,7H,6,13H2,1H3,(H,15,18)(H2,14,19,20). The van der Waals surface area contributed by atoms with Gasteiger partial charge < -0.3 is 11.1 Å². The summed E-state index contributed by atoms with van der Waals surface area (Å²) in [6.45, 7) is 0.231. The van der Waals surface area contributed by atoms with E-state index in [-0.39, 0.29) is 23.0 Å². The van der Waals surface area contributed by atoms with Gasteiger partial charge in [0, 0.05) is 13.6 Å². The molecular formula is C12H15N5O3S. The zero-order valence-electron chi connectivity index (χ0n) is 11.3. The summed E-state index contributed by atoms with van der Waals surface area (Å²) >= 11 is 0. The number of benzene rings is 1. The summed E-state index contributed by atoms with van der Waals surface area (Å²) in [6, 6.07) is 5.92. The lowest BCUT2D eigenvalue weighted by atomic mass is 10.2. The highest BCUT2D eigenvalue weighted by Crippen LogP contribution is 2.11. The predicted octanol–water partition coefficient (Wildman–Crippen LogP) is -0.420. The molecule has 0 fully saturated rings. The first kappa shape index (κ1) is 15.0. The summed E-state index contributed by atoms with van der Waals surface area (Å²) in [6.07, 6.45) is 1.40. The number of hydrogen-bond donors (Lipinski definition) is 3. The molecule has 1 aromatic heterocycles. The molecule has 1 amide bonds. The second-order valence-electron chi connectivity index (χ2n) is 4.44. The highest BCUT2D eigenvalue weighted by Gasteiger charge is 2.14. The molecule has 1 heterocycles. The third-order valence-corrected chi connectivity index (χ3v) is 3.82. The van der Waals surface area contributed by atoms with Gasteiger partial charge in [0.25, 0.3) is 5.91 Å². The molecule has 8 nitrogen and oxygen atoms in total. The fourth-order valence-corrected chi connectivity index (χ4v) is 2.31. The molecule has 21 heavy (non-hydrogen) atoms. The Morgan fingerprint density at radius 1 is 1.33 bits per heavy atom. The van der Waals surface area contributed by atoms with Crippen LogP contribution in [0.2, 0.25) is 0 Å². The number of nitrogens with zero attached hydrogens (tertiary/aromatic N) is 2. The van der Waals surface area contributed by atoms with E-state index in [2.05, 4.69) is 10.4 Å². The Morgan fingerprint density at radius 2 is 1.95 bits per heavy atom. The van der Waals surface area contributed by atoms with E-state index < -0.39 is 10.0 Å². The highest BCUT2D eigenvalue weighted by molar-refractivity contribution is 7.89. The number of primary sulfonamides is 1. The summed E-state index contributed by atoms with van der Waals surface area (Å²) in [5.74, 6) is -0.358. The van der Waals surface area contributed by atoms with E-state index in [4.69, 9.17) is 10.9 Å². The molecule has 0 bridgehead atoms. The summed E-state index contributed by atoms with van der Waals surface area (Å²) in [4.78, 5) is 12.0. The zero-order chi connectivity index (χ0) is 15.6. The van der Waals surface area contributed by atoms with Gasteiger partial charge >= 0.3 is 0 Å². The van der Waals surface area contributed by atoms with Gasteiger partial charge in [0.15, 0.2) is 0 Å². The molecule has 0 radical (unpaired) electrons. The molecule has 0 atom stereocenters. The number of carbonyl (C=O) groups is 1. The minimum absolute atomic E-state index is 0.0217. The number of aryl methyl sites for hydroxylation is 1. The quantitative estimate of drug-likeness (QED) is 0.705. The molecule has 5 N–H and O–H groups in total. The van der Waals surface area contributed by atoms with Crippen molar-refractivity contribution in [1.29, 1.82) is 0 Å². The smallest absolute Gasteiger partial charge is 0.271 e. The molecule has 0 aliphatic heterocycles. The van der Waals surface area contributed by atoms with Gasteiger partial charge in [-0.05, 0) is 17.7 Å². The van der Waals surface area contributed by atoms with Crippen LogP contribution in [0.3, 0.4) is 0 Å². The number of rotatable bonds is 4. The van der Waals surface area contributed by atoms with Gasteiger partial charge in [-0.25, -0.2) is 13.6 Å². The minimum atomic E-state index is -3.71. The van der Waals surface area contributed by atoms with Crippen molar-refractivity contribution in [3.8, 4) is 0 Å². The van der Waals surface area contributed by atoms with Gasteiger partial charge in [0.1, 0.15) is 5.69 Å². The van der Waals surface area contributed by atoms with E-state index >= 15 is 0 Å². The molecule has 2 rings (SSSR count). The van der Waals surface area contributed by atoms with Crippen molar-refractivity contribution in [2.45, 2.75) is 11.4 Å². The lowest BCUT2D eigenvalue weighted by Crippen LogP contribution is -2.26. The van der Waals surface area contributed by atoms with Gasteiger partial charge in [0.2, 0.25) is 10.0 Å². The maximum atomic E-state index is 12.0. The maximum Gasteiger partial charge on any atom is 0.271 e. The lowest BCUT2D eigenvalue weighted by molar-refractivity contribution is 0.0942. The van der Waals surface area contributed by atoms with Crippen molar-refractivity contribution >= 4 is 21.6 Å². The van der Waals surface area contributed by atoms with Crippen LogP contribution < -0.4 is 16.2 Å². The summed E-state index contributed by atoms with van der Waals surface area (Å²) < 4.78 is 23.6. The Morgan fingerprint density at radius 3 is 2.43 bits per heavy atom. The fourth-order valence-electron chi connectivity index (χ4n) is 1.80. The Kier molecular flexibility index (Phi) is 3.96. The van der Waals surface area contributed by atoms with Crippen LogP contribution in [0.5, 0.6) is 0 Å². The molecule has 0 aliphatic rings. The number of anilines is 1. The molecule has 112 valence electrons.